The Morgan fingerprint density at radius 1 is 1.06 bits per heavy atom. The summed E-state index contributed by atoms with van der Waals surface area (Å²) >= 11 is 0. The molecule has 0 spiro atoms. The second kappa shape index (κ2) is 4.69. The van der Waals surface area contributed by atoms with Crippen LogP contribution in [0.25, 0.3) is 0 Å². The van der Waals surface area contributed by atoms with E-state index in [9.17, 15) is 4.79 Å². The van der Waals surface area contributed by atoms with Gasteiger partial charge in [0.1, 0.15) is 0 Å². The first kappa shape index (κ1) is 11.1. The van der Waals surface area contributed by atoms with Crippen LogP contribution >= 0.6 is 0 Å². The molecule has 1 aromatic carbocycles. The van der Waals surface area contributed by atoms with Crippen LogP contribution < -0.4 is 0 Å². The molecule has 3 rings (SSSR count). The van der Waals surface area contributed by atoms with Crippen LogP contribution in [0, 0.1) is 0 Å². The number of carbonyl (C=O) groups excluding carboxylic acids is 1. The maximum Gasteiger partial charge on any atom is 0.230 e. The summed E-state index contributed by atoms with van der Waals surface area (Å²) in [6, 6.07) is 9.58. The Morgan fingerprint density at radius 2 is 1.72 bits per heavy atom. The highest BCUT2D eigenvalue weighted by Crippen LogP contribution is 2.36. The summed E-state index contributed by atoms with van der Waals surface area (Å²) in [5.41, 5.74) is 2.00. The molecule has 2 aromatic rings. The van der Waals surface area contributed by atoms with Crippen molar-refractivity contribution in [3.05, 3.63) is 59.7 Å². The summed E-state index contributed by atoms with van der Waals surface area (Å²) in [6.07, 6.45) is 7.04. The molecule has 3 nitrogen and oxygen atoms in total. The Kier molecular flexibility index (Phi) is 2.89. The molecule has 90 valence electrons. The van der Waals surface area contributed by atoms with Gasteiger partial charge >= 0.3 is 0 Å². The molecule has 0 amide bonds. The SMILES string of the molecule is O=C(c1ccc(C2CCC2)cc1)c1ncccn1. The molecule has 1 aromatic heterocycles. The lowest BCUT2D eigenvalue weighted by atomic mass is 9.80. The molecule has 1 heterocycles. The maximum absolute atomic E-state index is 12.1. The molecule has 0 atom stereocenters. The molecule has 0 radical (unpaired) electrons. The van der Waals surface area contributed by atoms with E-state index in [4.69, 9.17) is 0 Å². The fraction of sp³-hybridized carbons (Fsp3) is 0.267. The van der Waals surface area contributed by atoms with E-state index >= 15 is 0 Å². The Hall–Kier alpha value is -2.03. The second-order valence-corrected chi connectivity index (χ2v) is 4.65. The summed E-state index contributed by atoms with van der Waals surface area (Å²) in [6.45, 7) is 0. The highest BCUT2D eigenvalue weighted by molar-refractivity contribution is 6.06. The van der Waals surface area contributed by atoms with Crippen LogP contribution in [0.3, 0.4) is 0 Å². The van der Waals surface area contributed by atoms with Crippen LogP contribution in [0.1, 0.15) is 46.9 Å². The van der Waals surface area contributed by atoms with Crippen LogP contribution in [0.4, 0.5) is 0 Å². The van der Waals surface area contributed by atoms with E-state index in [0.717, 1.165) is 0 Å². The van der Waals surface area contributed by atoms with E-state index in [0.29, 0.717) is 11.5 Å². The molecule has 0 saturated heterocycles. The zero-order chi connectivity index (χ0) is 12.4. The van der Waals surface area contributed by atoms with Gasteiger partial charge in [-0.05, 0) is 30.4 Å². The molecule has 18 heavy (non-hydrogen) atoms. The number of benzene rings is 1. The summed E-state index contributed by atoms with van der Waals surface area (Å²) in [7, 11) is 0. The van der Waals surface area contributed by atoms with E-state index in [2.05, 4.69) is 22.1 Å². The van der Waals surface area contributed by atoms with Crippen molar-refractivity contribution >= 4 is 5.78 Å². The lowest BCUT2D eigenvalue weighted by molar-refractivity contribution is 0.102. The van der Waals surface area contributed by atoms with Gasteiger partial charge in [0.05, 0.1) is 0 Å². The minimum Gasteiger partial charge on any atom is -0.285 e. The molecular formula is C15H14N2O. The van der Waals surface area contributed by atoms with Gasteiger partial charge in [-0.2, -0.15) is 0 Å². The van der Waals surface area contributed by atoms with E-state index in [1.807, 2.05) is 12.1 Å². The largest absolute Gasteiger partial charge is 0.285 e. The summed E-state index contributed by atoms with van der Waals surface area (Å²) in [4.78, 5) is 20.0. The van der Waals surface area contributed by atoms with Crippen LogP contribution in [-0.4, -0.2) is 15.8 Å². The third-order valence-corrected chi connectivity index (χ3v) is 3.52. The van der Waals surface area contributed by atoms with Crippen molar-refractivity contribution in [1.82, 2.24) is 9.97 Å². The topological polar surface area (TPSA) is 42.9 Å². The van der Waals surface area contributed by atoms with Crippen LogP contribution in [-0.2, 0) is 0 Å². The van der Waals surface area contributed by atoms with E-state index in [1.54, 1.807) is 18.5 Å². The average Bonchev–Trinajstić information content (AvgIpc) is 2.38. The first-order valence-electron chi connectivity index (χ1n) is 6.26. The third kappa shape index (κ3) is 2.04. The van der Waals surface area contributed by atoms with Crippen molar-refractivity contribution in [1.29, 1.82) is 0 Å². The molecule has 1 fully saturated rings. The standard InChI is InChI=1S/C15H14N2O/c18-14(15-16-9-2-10-17-15)13-7-5-12(6-8-13)11-3-1-4-11/h2,5-11H,1,3-4H2. The minimum atomic E-state index is -0.115. The molecule has 0 unspecified atom stereocenters. The van der Waals surface area contributed by atoms with Crippen molar-refractivity contribution in [2.24, 2.45) is 0 Å². The molecule has 1 aliphatic rings. The normalized spacial score (nSPS) is 15.1. The predicted octanol–water partition coefficient (Wildman–Crippen LogP) is 2.98. The van der Waals surface area contributed by atoms with Crippen molar-refractivity contribution in [3.8, 4) is 0 Å². The molecular weight excluding hydrogens is 224 g/mol. The van der Waals surface area contributed by atoms with E-state index < -0.39 is 0 Å². The van der Waals surface area contributed by atoms with Gasteiger partial charge in [0, 0.05) is 18.0 Å². The van der Waals surface area contributed by atoms with E-state index in [1.165, 1.54) is 24.8 Å². The number of ketones is 1. The van der Waals surface area contributed by atoms with Crippen molar-refractivity contribution in [2.75, 3.05) is 0 Å². The monoisotopic (exact) mass is 238 g/mol. The van der Waals surface area contributed by atoms with Crippen molar-refractivity contribution in [3.63, 3.8) is 0 Å². The molecule has 0 bridgehead atoms. The molecule has 1 saturated carbocycles. The van der Waals surface area contributed by atoms with Crippen LogP contribution in [0.2, 0.25) is 0 Å². The highest BCUT2D eigenvalue weighted by atomic mass is 16.1. The molecule has 0 N–H and O–H groups in total. The first-order valence-corrected chi connectivity index (χ1v) is 6.26. The van der Waals surface area contributed by atoms with Gasteiger partial charge in [-0.25, -0.2) is 9.97 Å². The fourth-order valence-electron chi connectivity index (χ4n) is 2.19. The number of aromatic nitrogens is 2. The fourth-order valence-corrected chi connectivity index (χ4v) is 2.19. The number of nitrogens with zero attached hydrogens (tertiary/aromatic N) is 2. The van der Waals surface area contributed by atoms with E-state index in [-0.39, 0.29) is 11.6 Å². The third-order valence-electron chi connectivity index (χ3n) is 3.52. The van der Waals surface area contributed by atoms with Gasteiger partial charge in [-0.1, -0.05) is 30.7 Å². The van der Waals surface area contributed by atoms with Crippen LogP contribution in [0.15, 0.2) is 42.7 Å². The number of hydrogen-bond donors (Lipinski definition) is 0. The first-order chi connectivity index (χ1) is 8.84. The van der Waals surface area contributed by atoms with Gasteiger partial charge in [0.2, 0.25) is 11.6 Å². The summed E-state index contributed by atoms with van der Waals surface area (Å²) in [5, 5.41) is 0. The summed E-state index contributed by atoms with van der Waals surface area (Å²) < 4.78 is 0. The molecule has 0 aliphatic heterocycles. The predicted molar refractivity (Wildman–Crippen MR) is 68.5 cm³/mol. The van der Waals surface area contributed by atoms with Gasteiger partial charge < -0.3 is 0 Å². The second-order valence-electron chi connectivity index (χ2n) is 4.65. The van der Waals surface area contributed by atoms with Crippen molar-refractivity contribution in [2.45, 2.75) is 25.2 Å². The van der Waals surface area contributed by atoms with Gasteiger partial charge in [0.15, 0.2) is 0 Å². The summed E-state index contributed by atoms with van der Waals surface area (Å²) in [5.74, 6) is 0.840. The Balaban J connectivity index is 1.82. The molecule has 1 aliphatic carbocycles. The quantitative estimate of drug-likeness (QED) is 0.772. The minimum absolute atomic E-state index is 0.115. The lowest BCUT2D eigenvalue weighted by Gasteiger charge is -2.25. The van der Waals surface area contributed by atoms with Gasteiger partial charge in [0.25, 0.3) is 0 Å². The van der Waals surface area contributed by atoms with Gasteiger partial charge in [-0.15, -0.1) is 0 Å². The average molecular weight is 238 g/mol. The van der Waals surface area contributed by atoms with Gasteiger partial charge in [-0.3, -0.25) is 4.79 Å². The Labute approximate surface area is 106 Å². The van der Waals surface area contributed by atoms with Crippen molar-refractivity contribution < 1.29 is 4.79 Å². The van der Waals surface area contributed by atoms with Crippen LogP contribution in [0.5, 0.6) is 0 Å². The Morgan fingerprint density at radius 3 is 2.28 bits per heavy atom. The lowest BCUT2D eigenvalue weighted by Crippen LogP contribution is -2.10. The Bertz CT molecular complexity index is 544. The molecule has 3 heteroatoms. The highest BCUT2D eigenvalue weighted by Gasteiger charge is 2.19. The zero-order valence-corrected chi connectivity index (χ0v) is 10.0. The smallest absolute Gasteiger partial charge is 0.230 e. The maximum atomic E-state index is 12.1. The zero-order valence-electron chi connectivity index (χ0n) is 10.0. The number of rotatable bonds is 3. The number of carbonyl (C=O) groups is 1. The number of hydrogen-bond acceptors (Lipinski definition) is 3.